The van der Waals surface area contributed by atoms with E-state index < -0.39 is 6.10 Å². The van der Waals surface area contributed by atoms with Crippen LogP contribution in [0.1, 0.15) is 11.8 Å². The summed E-state index contributed by atoms with van der Waals surface area (Å²) < 4.78 is 0. The van der Waals surface area contributed by atoms with Gasteiger partial charge in [0.1, 0.15) is 6.10 Å². The van der Waals surface area contributed by atoms with Crippen molar-refractivity contribution < 1.29 is 5.11 Å². The zero-order chi connectivity index (χ0) is 8.97. The molecule has 0 amide bonds. The van der Waals surface area contributed by atoms with Crippen LogP contribution < -0.4 is 0 Å². The molecule has 0 bridgehead atoms. The molecule has 0 saturated heterocycles. The number of rotatable bonds is 3. The maximum atomic E-state index is 9.29. The van der Waals surface area contributed by atoms with Crippen molar-refractivity contribution >= 4 is 11.3 Å². The zero-order valence-corrected chi connectivity index (χ0v) is 7.84. The number of thiophene rings is 1. The Labute approximate surface area is 77.1 Å². The highest BCUT2D eigenvalue weighted by atomic mass is 32.1. The lowest BCUT2D eigenvalue weighted by molar-refractivity contribution is 0.172. The van der Waals surface area contributed by atoms with Gasteiger partial charge in [-0.1, -0.05) is 18.9 Å². The minimum absolute atomic E-state index is 0.147. The lowest BCUT2D eigenvalue weighted by Gasteiger charge is -2.11. The van der Waals surface area contributed by atoms with Gasteiger partial charge >= 0.3 is 0 Å². The molecule has 1 N–H and O–H groups in total. The quantitative estimate of drug-likeness (QED) is 0.705. The molecule has 1 aromatic heterocycles. The molecule has 1 aromatic rings. The molecule has 0 fully saturated rings. The Morgan fingerprint density at radius 3 is 3.00 bits per heavy atom. The van der Waals surface area contributed by atoms with Crippen molar-refractivity contribution in [2.24, 2.45) is 5.92 Å². The minimum Gasteiger partial charge on any atom is -0.380 e. The SMILES string of the molecule is C#CC(O)C(C)Cc1cccs1. The van der Waals surface area contributed by atoms with Crippen LogP contribution in [-0.2, 0) is 6.42 Å². The molecule has 0 saturated carbocycles. The number of aliphatic hydroxyl groups is 1. The van der Waals surface area contributed by atoms with Crippen LogP contribution in [-0.4, -0.2) is 11.2 Å². The summed E-state index contributed by atoms with van der Waals surface area (Å²) in [4.78, 5) is 1.27. The Bertz CT molecular complexity index is 258. The smallest absolute Gasteiger partial charge is 0.117 e. The molecule has 0 aliphatic heterocycles. The monoisotopic (exact) mass is 180 g/mol. The molecule has 2 unspecified atom stereocenters. The average molecular weight is 180 g/mol. The summed E-state index contributed by atoms with van der Waals surface area (Å²) in [5, 5.41) is 11.3. The van der Waals surface area contributed by atoms with Crippen LogP contribution in [0.25, 0.3) is 0 Å². The van der Waals surface area contributed by atoms with E-state index in [1.165, 1.54) is 4.88 Å². The molecule has 0 spiro atoms. The molecular weight excluding hydrogens is 168 g/mol. The average Bonchev–Trinajstić information content (AvgIpc) is 2.55. The summed E-state index contributed by atoms with van der Waals surface area (Å²) in [5.74, 6) is 2.48. The van der Waals surface area contributed by atoms with E-state index in [4.69, 9.17) is 6.42 Å². The molecule has 0 aliphatic rings. The highest BCUT2D eigenvalue weighted by Gasteiger charge is 2.11. The van der Waals surface area contributed by atoms with Crippen LogP contribution in [0.15, 0.2) is 17.5 Å². The summed E-state index contributed by atoms with van der Waals surface area (Å²) in [6, 6.07) is 4.07. The minimum atomic E-state index is -0.618. The molecule has 64 valence electrons. The largest absolute Gasteiger partial charge is 0.380 e. The second-order valence-corrected chi connectivity index (χ2v) is 3.90. The van der Waals surface area contributed by atoms with Gasteiger partial charge in [-0.05, 0) is 23.8 Å². The van der Waals surface area contributed by atoms with Gasteiger partial charge < -0.3 is 5.11 Å². The van der Waals surface area contributed by atoms with Gasteiger partial charge in [0.05, 0.1) is 0 Å². The van der Waals surface area contributed by atoms with Crippen LogP contribution in [0.3, 0.4) is 0 Å². The first-order valence-corrected chi connectivity index (χ1v) is 4.78. The van der Waals surface area contributed by atoms with Crippen molar-refractivity contribution in [3.05, 3.63) is 22.4 Å². The maximum Gasteiger partial charge on any atom is 0.117 e. The van der Waals surface area contributed by atoms with Gasteiger partial charge in [-0.3, -0.25) is 0 Å². The lowest BCUT2D eigenvalue weighted by Crippen LogP contribution is -2.16. The topological polar surface area (TPSA) is 20.2 Å². The van der Waals surface area contributed by atoms with Crippen molar-refractivity contribution in [1.29, 1.82) is 0 Å². The summed E-state index contributed by atoms with van der Waals surface area (Å²) in [6.45, 7) is 1.96. The fourth-order valence-corrected chi connectivity index (χ4v) is 1.87. The lowest BCUT2D eigenvalue weighted by atomic mass is 10.0. The predicted octanol–water partition coefficient (Wildman–Crippen LogP) is 1.92. The molecule has 1 rings (SSSR count). The van der Waals surface area contributed by atoms with E-state index >= 15 is 0 Å². The van der Waals surface area contributed by atoms with E-state index in [0.29, 0.717) is 0 Å². The van der Waals surface area contributed by atoms with E-state index in [1.807, 2.05) is 18.4 Å². The number of aliphatic hydroxyl groups excluding tert-OH is 1. The van der Waals surface area contributed by atoms with Gasteiger partial charge in [0.25, 0.3) is 0 Å². The third-order valence-electron chi connectivity index (χ3n) is 1.81. The fourth-order valence-electron chi connectivity index (χ4n) is 1.02. The Hall–Kier alpha value is -0.780. The van der Waals surface area contributed by atoms with Crippen LogP contribution in [0.5, 0.6) is 0 Å². The van der Waals surface area contributed by atoms with Gasteiger partial charge in [-0.25, -0.2) is 0 Å². The fraction of sp³-hybridized carbons (Fsp3) is 0.400. The number of hydrogen-bond acceptors (Lipinski definition) is 2. The molecule has 2 atom stereocenters. The molecule has 1 heterocycles. The Morgan fingerprint density at radius 2 is 2.50 bits per heavy atom. The first kappa shape index (κ1) is 9.31. The standard InChI is InChI=1S/C10H12OS/c1-3-10(11)8(2)7-9-5-4-6-12-9/h1,4-6,8,10-11H,7H2,2H3. The molecule has 0 radical (unpaired) electrons. The van der Waals surface area contributed by atoms with Gasteiger partial charge in [0.15, 0.2) is 0 Å². The second-order valence-electron chi connectivity index (χ2n) is 2.87. The van der Waals surface area contributed by atoms with Gasteiger partial charge in [0, 0.05) is 4.88 Å². The van der Waals surface area contributed by atoms with E-state index in [1.54, 1.807) is 11.3 Å². The van der Waals surface area contributed by atoms with Crippen LogP contribution in [0.2, 0.25) is 0 Å². The van der Waals surface area contributed by atoms with Crippen LogP contribution in [0.4, 0.5) is 0 Å². The van der Waals surface area contributed by atoms with Crippen LogP contribution >= 0.6 is 11.3 Å². The second kappa shape index (κ2) is 4.30. The molecular formula is C10H12OS. The van der Waals surface area contributed by atoms with Crippen molar-refractivity contribution in [3.8, 4) is 12.3 Å². The Morgan fingerprint density at radius 1 is 1.75 bits per heavy atom. The maximum absolute atomic E-state index is 9.29. The predicted molar refractivity (Wildman–Crippen MR) is 52.0 cm³/mol. The van der Waals surface area contributed by atoms with Gasteiger partial charge in [-0.2, -0.15) is 0 Å². The van der Waals surface area contributed by atoms with Crippen molar-refractivity contribution in [3.63, 3.8) is 0 Å². The third kappa shape index (κ3) is 2.37. The van der Waals surface area contributed by atoms with Crippen molar-refractivity contribution in [1.82, 2.24) is 0 Å². The summed E-state index contributed by atoms with van der Waals surface area (Å²) >= 11 is 1.70. The number of terminal acetylenes is 1. The van der Waals surface area contributed by atoms with E-state index in [-0.39, 0.29) is 5.92 Å². The summed E-state index contributed by atoms with van der Waals surface area (Å²) in [7, 11) is 0. The van der Waals surface area contributed by atoms with E-state index in [9.17, 15) is 5.11 Å². The summed E-state index contributed by atoms with van der Waals surface area (Å²) in [5.41, 5.74) is 0. The van der Waals surface area contributed by atoms with Gasteiger partial charge in [-0.15, -0.1) is 17.8 Å². The normalized spacial score (nSPS) is 15.1. The zero-order valence-electron chi connectivity index (χ0n) is 7.03. The van der Waals surface area contributed by atoms with Crippen molar-refractivity contribution in [2.75, 3.05) is 0 Å². The first-order valence-electron chi connectivity index (χ1n) is 3.90. The molecule has 2 heteroatoms. The number of hydrogen-bond donors (Lipinski definition) is 1. The molecule has 0 aliphatic carbocycles. The highest BCUT2D eigenvalue weighted by Crippen LogP contribution is 2.16. The Kier molecular flexibility index (Phi) is 3.33. The molecule has 0 aromatic carbocycles. The summed E-state index contributed by atoms with van der Waals surface area (Å²) in [6.07, 6.45) is 5.35. The molecule has 12 heavy (non-hydrogen) atoms. The molecule has 1 nitrogen and oxygen atoms in total. The van der Waals surface area contributed by atoms with E-state index in [2.05, 4.69) is 12.0 Å². The highest BCUT2D eigenvalue weighted by molar-refractivity contribution is 7.09. The van der Waals surface area contributed by atoms with E-state index in [0.717, 1.165) is 6.42 Å². The van der Waals surface area contributed by atoms with Crippen LogP contribution in [0, 0.1) is 18.3 Å². The third-order valence-corrected chi connectivity index (χ3v) is 2.71. The Balaban J connectivity index is 2.48. The first-order chi connectivity index (χ1) is 5.74. The van der Waals surface area contributed by atoms with Gasteiger partial charge in [0.2, 0.25) is 0 Å². The van der Waals surface area contributed by atoms with Crippen molar-refractivity contribution in [2.45, 2.75) is 19.4 Å².